The normalized spacial score (nSPS) is 12.9. The molecule has 6 nitrogen and oxygen atoms in total. The Balaban J connectivity index is 1.67. The van der Waals surface area contributed by atoms with Crippen LogP contribution in [0.25, 0.3) is 0 Å². The van der Waals surface area contributed by atoms with Gasteiger partial charge < -0.3 is 15.4 Å². The van der Waals surface area contributed by atoms with Crippen LogP contribution >= 0.6 is 0 Å². The quantitative estimate of drug-likeness (QED) is 0.433. The number of aryl methyl sites for hydroxylation is 2. The van der Waals surface area contributed by atoms with Gasteiger partial charge in [0.25, 0.3) is 0 Å². The Labute approximate surface area is 156 Å². The van der Waals surface area contributed by atoms with E-state index in [0.717, 1.165) is 24.6 Å². The summed E-state index contributed by atoms with van der Waals surface area (Å²) in [5.74, 6) is 0.795. The summed E-state index contributed by atoms with van der Waals surface area (Å²) in [7, 11) is 3.75. The lowest BCUT2D eigenvalue weighted by Crippen LogP contribution is -2.37. The number of ether oxygens (including phenoxy) is 1. The number of hydrogen-bond acceptors (Lipinski definition) is 3. The largest absolute Gasteiger partial charge is 0.374 e. The highest BCUT2D eigenvalue weighted by atomic mass is 16.5. The predicted octanol–water partition coefficient (Wildman–Crippen LogP) is 2.87. The first-order valence-electron chi connectivity index (χ1n) is 9.13. The predicted molar refractivity (Wildman–Crippen MR) is 106 cm³/mol. The Kier molecular flexibility index (Phi) is 7.66. The molecule has 0 saturated carbocycles. The van der Waals surface area contributed by atoms with Gasteiger partial charge in [-0.2, -0.15) is 5.10 Å². The molecule has 0 amide bonds. The van der Waals surface area contributed by atoms with Crippen molar-refractivity contribution in [2.45, 2.75) is 39.8 Å². The number of nitrogens with zero attached hydrogens (tertiary/aromatic N) is 3. The fourth-order valence-electron chi connectivity index (χ4n) is 2.83. The molecular weight excluding hydrogens is 326 g/mol. The highest BCUT2D eigenvalue weighted by Crippen LogP contribution is 2.15. The highest BCUT2D eigenvalue weighted by molar-refractivity contribution is 5.79. The van der Waals surface area contributed by atoms with Crippen molar-refractivity contribution in [1.29, 1.82) is 0 Å². The van der Waals surface area contributed by atoms with E-state index in [1.165, 1.54) is 16.8 Å². The van der Waals surface area contributed by atoms with E-state index in [0.29, 0.717) is 13.2 Å². The summed E-state index contributed by atoms with van der Waals surface area (Å²) in [4.78, 5) is 4.28. The molecule has 0 aliphatic rings. The van der Waals surface area contributed by atoms with E-state index < -0.39 is 0 Å². The van der Waals surface area contributed by atoms with Crippen molar-refractivity contribution in [3.63, 3.8) is 0 Å². The molecule has 0 spiro atoms. The Morgan fingerprint density at radius 3 is 2.58 bits per heavy atom. The van der Waals surface area contributed by atoms with Gasteiger partial charge in [0.2, 0.25) is 0 Å². The summed E-state index contributed by atoms with van der Waals surface area (Å²) in [5.41, 5.74) is 4.65. The molecule has 0 aliphatic heterocycles. The highest BCUT2D eigenvalue weighted by Gasteiger charge is 2.09. The van der Waals surface area contributed by atoms with Crippen LogP contribution in [0.5, 0.6) is 0 Å². The average molecular weight is 358 g/mol. The standard InChI is InChI=1S/C20H31N5O/c1-15-19(16(2)25(5)24-15)14-23-20(21-4)22-12-9-13-26-17(3)18-10-7-6-8-11-18/h6-8,10-11,17H,9,12-14H2,1-5H3,(H2,21,22,23). The van der Waals surface area contributed by atoms with E-state index >= 15 is 0 Å². The SMILES string of the molecule is CN=C(NCCCOC(C)c1ccccc1)NCc1c(C)nn(C)c1C. The number of benzene rings is 1. The fraction of sp³-hybridized carbons (Fsp3) is 0.500. The molecule has 2 N–H and O–H groups in total. The van der Waals surface area contributed by atoms with Gasteiger partial charge in [-0.3, -0.25) is 9.67 Å². The van der Waals surface area contributed by atoms with Crippen molar-refractivity contribution in [3.8, 4) is 0 Å². The maximum absolute atomic E-state index is 5.90. The molecule has 0 fully saturated rings. The molecule has 1 aromatic carbocycles. The smallest absolute Gasteiger partial charge is 0.191 e. The second kappa shape index (κ2) is 9.97. The Morgan fingerprint density at radius 1 is 1.23 bits per heavy atom. The van der Waals surface area contributed by atoms with Crippen LogP contribution in [0.1, 0.15) is 42.0 Å². The van der Waals surface area contributed by atoms with Crippen LogP contribution in [0.4, 0.5) is 0 Å². The maximum atomic E-state index is 5.90. The number of nitrogens with one attached hydrogen (secondary N) is 2. The monoisotopic (exact) mass is 357 g/mol. The Bertz CT molecular complexity index is 708. The summed E-state index contributed by atoms with van der Waals surface area (Å²) < 4.78 is 7.81. The Morgan fingerprint density at radius 2 is 1.96 bits per heavy atom. The topological polar surface area (TPSA) is 63.5 Å². The minimum atomic E-state index is 0.116. The van der Waals surface area contributed by atoms with E-state index in [-0.39, 0.29) is 6.10 Å². The van der Waals surface area contributed by atoms with E-state index in [9.17, 15) is 0 Å². The summed E-state index contributed by atoms with van der Waals surface area (Å²) >= 11 is 0. The van der Waals surface area contributed by atoms with Gasteiger partial charge >= 0.3 is 0 Å². The van der Waals surface area contributed by atoms with Crippen LogP contribution in [-0.4, -0.2) is 35.9 Å². The van der Waals surface area contributed by atoms with Crippen LogP contribution in [0.2, 0.25) is 0 Å². The molecule has 1 heterocycles. The van der Waals surface area contributed by atoms with E-state index in [1.54, 1.807) is 7.05 Å². The van der Waals surface area contributed by atoms with Crippen LogP contribution < -0.4 is 10.6 Å². The molecule has 2 rings (SSSR count). The number of rotatable bonds is 8. The molecular formula is C20H31N5O. The molecule has 2 aromatic rings. The van der Waals surface area contributed by atoms with Crippen LogP contribution in [0, 0.1) is 13.8 Å². The summed E-state index contributed by atoms with van der Waals surface area (Å²) in [6.07, 6.45) is 1.04. The van der Waals surface area contributed by atoms with Gasteiger partial charge in [-0.05, 0) is 32.8 Å². The first-order valence-corrected chi connectivity index (χ1v) is 9.13. The number of aromatic nitrogens is 2. The van der Waals surface area contributed by atoms with Crippen molar-refractivity contribution in [1.82, 2.24) is 20.4 Å². The number of aliphatic imine (C=N–C) groups is 1. The van der Waals surface area contributed by atoms with E-state index in [2.05, 4.69) is 46.7 Å². The van der Waals surface area contributed by atoms with Gasteiger partial charge in [-0.25, -0.2) is 0 Å². The third kappa shape index (κ3) is 5.59. The van der Waals surface area contributed by atoms with Gasteiger partial charge in [0.05, 0.1) is 11.8 Å². The third-order valence-electron chi connectivity index (χ3n) is 4.57. The average Bonchev–Trinajstić information content (AvgIpc) is 2.90. The number of guanidine groups is 1. The lowest BCUT2D eigenvalue weighted by molar-refractivity contribution is 0.0646. The van der Waals surface area contributed by atoms with E-state index in [1.807, 2.05) is 36.9 Å². The van der Waals surface area contributed by atoms with Crippen LogP contribution in [0.15, 0.2) is 35.3 Å². The molecule has 0 aliphatic carbocycles. The summed E-state index contributed by atoms with van der Waals surface area (Å²) in [6, 6.07) is 10.3. The van der Waals surface area contributed by atoms with Crippen LogP contribution in [-0.2, 0) is 18.3 Å². The summed E-state index contributed by atoms with van der Waals surface area (Å²) in [5, 5.41) is 11.1. The lowest BCUT2D eigenvalue weighted by atomic mass is 10.1. The van der Waals surface area contributed by atoms with Crippen molar-refractivity contribution < 1.29 is 4.74 Å². The van der Waals surface area contributed by atoms with E-state index in [4.69, 9.17) is 4.74 Å². The third-order valence-corrected chi connectivity index (χ3v) is 4.57. The summed E-state index contributed by atoms with van der Waals surface area (Å²) in [6.45, 7) is 8.44. The molecule has 26 heavy (non-hydrogen) atoms. The molecule has 0 radical (unpaired) electrons. The molecule has 1 unspecified atom stereocenters. The van der Waals surface area contributed by atoms with Gasteiger partial charge in [0.15, 0.2) is 5.96 Å². The van der Waals surface area contributed by atoms with Crippen LogP contribution in [0.3, 0.4) is 0 Å². The molecule has 1 atom stereocenters. The first-order chi connectivity index (χ1) is 12.5. The van der Waals surface area contributed by atoms with Gasteiger partial charge in [0.1, 0.15) is 0 Å². The van der Waals surface area contributed by atoms with Gasteiger partial charge in [0, 0.05) is 45.0 Å². The molecule has 142 valence electrons. The van der Waals surface area contributed by atoms with Crippen molar-refractivity contribution in [2.75, 3.05) is 20.2 Å². The Hall–Kier alpha value is -2.34. The zero-order chi connectivity index (χ0) is 18.9. The molecule has 6 heteroatoms. The minimum absolute atomic E-state index is 0.116. The fourth-order valence-corrected chi connectivity index (χ4v) is 2.83. The minimum Gasteiger partial charge on any atom is -0.374 e. The number of hydrogen-bond donors (Lipinski definition) is 2. The maximum Gasteiger partial charge on any atom is 0.191 e. The second-order valence-corrected chi connectivity index (χ2v) is 6.40. The zero-order valence-corrected chi connectivity index (χ0v) is 16.5. The first kappa shape index (κ1) is 20.0. The molecule has 1 aromatic heterocycles. The van der Waals surface area contributed by atoms with Crippen molar-refractivity contribution in [3.05, 3.63) is 52.8 Å². The lowest BCUT2D eigenvalue weighted by Gasteiger charge is -2.15. The molecule has 0 bridgehead atoms. The molecule has 0 saturated heterocycles. The zero-order valence-electron chi connectivity index (χ0n) is 16.5. The second-order valence-electron chi connectivity index (χ2n) is 6.40. The van der Waals surface area contributed by atoms with Crippen molar-refractivity contribution in [2.24, 2.45) is 12.0 Å². The van der Waals surface area contributed by atoms with Gasteiger partial charge in [-0.15, -0.1) is 0 Å². The van der Waals surface area contributed by atoms with Crippen molar-refractivity contribution >= 4 is 5.96 Å². The van der Waals surface area contributed by atoms with Gasteiger partial charge in [-0.1, -0.05) is 30.3 Å².